The van der Waals surface area contributed by atoms with Crippen molar-refractivity contribution < 1.29 is 14.6 Å². The molecule has 0 aromatic rings. The summed E-state index contributed by atoms with van der Waals surface area (Å²) in [6.07, 6.45) is 24.5. The van der Waals surface area contributed by atoms with E-state index in [0.717, 1.165) is 19.3 Å². The van der Waals surface area contributed by atoms with Gasteiger partial charge >= 0.3 is 5.97 Å². The Kier molecular flexibility index (Phi) is 23.2. The molecule has 0 unspecified atom stereocenters. The van der Waals surface area contributed by atoms with Gasteiger partial charge in [0.1, 0.15) is 0 Å². The molecular weight excluding hydrogens is 360 g/mol. The molecule has 1 N–H and O–H groups in total. The first-order valence-corrected chi connectivity index (χ1v) is 13.0. The summed E-state index contributed by atoms with van der Waals surface area (Å²) in [4.78, 5) is 11.9. The average Bonchev–Trinajstić information content (AvgIpc) is 2.73. The molecule has 3 heteroatoms. The highest BCUT2D eigenvalue weighted by Gasteiger charge is 2.09. The second-order valence-electron chi connectivity index (χ2n) is 8.88. The maximum absolute atomic E-state index is 11.9. The van der Waals surface area contributed by atoms with Crippen LogP contribution in [0.15, 0.2) is 0 Å². The molecule has 174 valence electrons. The van der Waals surface area contributed by atoms with Gasteiger partial charge in [-0.05, 0) is 25.2 Å². The van der Waals surface area contributed by atoms with E-state index < -0.39 is 0 Å². The van der Waals surface area contributed by atoms with Crippen molar-refractivity contribution in [3.63, 3.8) is 0 Å². The molecule has 0 heterocycles. The van der Waals surface area contributed by atoms with E-state index in [1.54, 1.807) is 0 Å². The first-order valence-electron chi connectivity index (χ1n) is 13.0. The van der Waals surface area contributed by atoms with E-state index in [1.165, 1.54) is 103 Å². The normalized spacial score (nSPS) is 12.2. The summed E-state index contributed by atoms with van der Waals surface area (Å²) < 4.78 is 5.47. The zero-order chi connectivity index (χ0) is 21.4. The first-order chi connectivity index (χ1) is 14.2. The second-order valence-corrected chi connectivity index (χ2v) is 8.88. The third-order valence-corrected chi connectivity index (χ3v) is 6.06. The molecule has 0 radical (unpaired) electrons. The predicted octanol–water partition coefficient (Wildman–Crippen LogP) is 7.98. The summed E-state index contributed by atoms with van der Waals surface area (Å²) in [6.45, 7) is 5.38. The fourth-order valence-electron chi connectivity index (χ4n) is 3.86. The first kappa shape index (κ1) is 28.4. The summed E-state index contributed by atoms with van der Waals surface area (Å²) in [7, 11) is 0. The molecule has 0 aromatic carbocycles. The number of carbonyl (C=O) groups excluding carboxylic acids is 1. The van der Waals surface area contributed by atoms with E-state index >= 15 is 0 Å². The largest absolute Gasteiger partial charge is 0.465 e. The molecule has 0 saturated carbocycles. The molecule has 0 aliphatic heterocycles. The van der Waals surface area contributed by atoms with Crippen LogP contribution in [0.5, 0.6) is 0 Å². The van der Waals surface area contributed by atoms with Crippen molar-refractivity contribution in [3.8, 4) is 0 Å². The van der Waals surface area contributed by atoms with Crippen molar-refractivity contribution in [2.24, 2.45) is 5.92 Å². The number of hydrogen-bond donors (Lipinski definition) is 1. The monoisotopic (exact) mass is 412 g/mol. The van der Waals surface area contributed by atoms with Gasteiger partial charge in [0.2, 0.25) is 0 Å². The number of aliphatic hydroxyl groups is 1. The number of aliphatic hydroxyl groups excluding tert-OH is 1. The van der Waals surface area contributed by atoms with Gasteiger partial charge in [0.15, 0.2) is 0 Å². The van der Waals surface area contributed by atoms with Gasteiger partial charge in [-0.25, -0.2) is 0 Å². The van der Waals surface area contributed by atoms with Crippen LogP contribution in [-0.2, 0) is 9.53 Å². The smallest absolute Gasteiger partial charge is 0.305 e. The Morgan fingerprint density at radius 1 is 0.690 bits per heavy atom. The lowest BCUT2D eigenvalue weighted by molar-refractivity contribution is -0.145. The minimum Gasteiger partial charge on any atom is -0.465 e. The molecule has 0 aromatic heterocycles. The molecule has 1 atom stereocenters. The fourth-order valence-corrected chi connectivity index (χ4v) is 3.86. The molecule has 0 rings (SSSR count). The number of ether oxygens (including phenoxy) is 1. The quantitative estimate of drug-likeness (QED) is 0.137. The van der Waals surface area contributed by atoms with Crippen LogP contribution in [0.3, 0.4) is 0 Å². The predicted molar refractivity (Wildman–Crippen MR) is 125 cm³/mol. The Labute approximate surface area is 182 Å². The minimum absolute atomic E-state index is 0.00773. The van der Waals surface area contributed by atoms with Crippen molar-refractivity contribution in [3.05, 3.63) is 0 Å². The third kappa shape index (κ3) is 21.9. The Morgan fingerprint density at radius 2 is 1.14 bits per heavy atom. The lowest BCUT2D eigenvalue weighted by Crippen LogP contribution is -2.13. The van der Waals surface area contributed by atoms with E-state index in [-0.39, 0.29) is 5.97 Å². The van der Waals surface area contributed by atoms with Gasteiger partial charge < -0.3 is 9.84 Å². The summed E-state index contributed by atoms with van der Waals surface area (Å²) in [5.74, 6) is 0.559. The molecular formula is C26H52O3. The molecule has 0 saturated heterocycles. The number of rotatable bonds is 23. The van der Waals surface area contributed by atoms with Crippen molar-refractivity contribution in [2.75, 3.05) is 13.2 Å². The molecule has 0 spiro atoms. The molecule has 0 aliphatic carbocycles. The lowest BCUT2D eigenvalue weighted by atomic mass is 10.0. The zero-order valence-corrected chi connectivity index (χ0v) is 19.9. The van der Waals surface area contributed by atoms with Crippen LogP contribution in [-0.4, -0.2) is 24.3 Å². The van der Waals surface area contributed by atoms with Crippen LogP contribution >= 0.6 is 0 Å². The SMILES string of the molecule is CCCC[C@@H](CC)COC(=O)CCCCCCCCCCCCCCCCCO. The summed E-state index contributed by atoms with van der Waals surface area (Å²) in [6, 6.07) is 0. The van der Waals surface area contributed by atoms with Gasteiger partial charge in [0.25, 0.3) is 0 Å². The van der Waals surface area contributed by atoms with E-state index in [1.807, 2.05) is 0 Å². The van der Waals surface area contributed by atoms with Gasteiger partial charge in [-0.2, -0.15) is 0 Å². The highest BCUT2D eigenvalue weighted by atomic mass is 16.5. The number of unbranched alkanes of at least 4 members (excludes halogenated alkanes) is 15. The minimum atomic E-state index is 0.00773. The van der Waals surface area contributed by atoms with Crippen LogP contribution in [0, 0.1) is 5.92 Å². The van der Waals surface area contributed by atoms with Crippen LogP contribution in [0.1, 0.15) is 142 Å². The van der Waals surface area contributed by atoms with Gasteiger partial charge in [-0.3, -0.25) is 4.79 Å². The maximum Gasteiger partial charge on any atom is 0.305 e. The number of hydrogen-bond acceptors (Lipinski definition) is 3. The zero-order valence-electron chi connectivity index (χ0n) is 19.9. The highest BCUT2D eigenvalue weighted by molar-refractivity contribution is 5.69. The third-order valence-electron chi connectivity index (χ3n) is 6.06. The van der Waals surface area contributed by atoms with E-state index in [0.29, 0.717) is 25.6 Å². The van der Waals surface area contributed by atoms with Crippen LogP contribution in [0.2, 0.25) is 0 Å². The van der Waals surface area contributed by atoms with E-state index in [4.69, 9.17) is 9.84 Å². The van der Waals surface area contributed by atoms with Crippen molar-refractivity contribution in [2.45, 2.75) is 142 Å². The van der Waals surface area contributed by atoms with Gasteiger partial charge in [-0.1, -0.05) is 117 Å². The van der Waals surface area contributed by atoms with E-state index in [9.17, 15) is 4.79 Å². The van der Waals surface area contributed by atoms with Crippen LogP contribution in [0.25, 0.3) is 0 Å². The van der Waals surface area contributed by atoms with Gasteiger partial charge in [0, 0.05) is 13.0 Å². The fraction of sp³-hybridized carbons (Fsp3) is 0.962. The second kappa shape index (κ2) is 23.7. The summed E-state index contributed by atoms with van der Waals surface area (Å²) >= 11 is 0. The Hall–Kier alpha value is -0.570. The van der Waals surface area contributed by atoms with Crippen LogP contribution in [0.4, 0.5) is 0 Å². The average molecular weight is 413 g/mol. The Morgan fingerprint density at radius 3 is 1.55 bits per heavy atom. The highest BCUT2D eigenvalue weighted by Crippen LogP contribution is 2.15. The van der Waals surface area contributed by atoms with Gasteiger partial charge in [-0.15, -0.1) is 0 Å². The molecule has 0 bridgehead atoms. The lowest BCUT2D eigenvalue weighted by Gasteiger charge is -2.14. The van der Waals surface area contributed by atoms with Crippen LogP contribution < -0.4 is 0 Å². The van der Waals surface area contributed by atoms with Crippen molar-refractivity contribution in [1.82, 2.24) is 0 Å². The number of carbonyl (C=O) groups is 1. The van der Waals surface area contributed by atoms with Crippen molar-refractivity contribution in [1.29, 1.82) is 0 Å². The topological polar surface area (TPSA) is 46.5 Å². The van der Waals surface area contributed by atoms with E-state index in [2.05, 4.69) is 13.8 Å². The van der Waals surface area contributed by atoms with Crippen molar-refractivity contribution >= 4 is 5.97 Å². The standard InChI is InChI=1S/C26H52O3/c1-3-5-21-25(4-2)24-29-26(28)22-19-17-15-13-11-9-7-6-8-10-12-14-16-18-20-23-27/h25,27H,3-24H2,1-2H3/t25-/m1/s1. The molecule has 0 fully saturated rings. The van der Waals surface area contributed by atoms with Gasteiger partial charge in [0.05, 0.1) is 6.61 Å². The summed E-state index contributed by atoms with van der Waals surface area (Å²) in [5.41, 5.74) is 0. The molecule has 0 amide bonds. The summed E-state index contributed by atoms with van der Waals surface area (Å²) in [5, 5.41) is 8.74. The number of esters is 1. The molecule has 3 nitrogen and oxygen atoms in total. The molecule has 0 aliphatic rings. The molecule has 29 heavy (non-hydrogen) atoms. The Bertz CT molecular complexity index is 330. The maximum atomic E-state index is 11.9. The Balaban J connectivity index is 3.25.